The number of aryl methyl sites for hydroxylation is 3. The molecule has 1 aromatic heterocycles. The first kappa shape index (κ1) is 17.9. The molecule has 6 heteroatoms. The smallest absolute Gasteiger partial charge is 0.275 e. The average molecular weight is 367 g/mol. The van der Waals surface area contributed by atoms with E-state index in [9.17, 15) is 4.79 Å². The van der Waals surface area contributed by atoms with E-state index in [1.54, 1.807) is 12.1 Å². The van der Waals surface area contributed by atoms with E-state index in [-0.39, 0.29) is 11.6 Å². The molecule has 1 amide bonds. The summed E-state index contributed by atoms with van der Waals surface area (Å²) < 4.78 is 0. The molecule has 0 saturated carbocycles. The van der Waals surface area contributed by atoms with Crippen LogP contribution in [0.4, 0.5) is 17.2 Å². The number of amides is 1. The van der Waals surface area contributed by atoms with Crippen molar-refractivity contribution in [1.82, 2.24) is 9.97 Å². The van der Waals surface area contributed by atoms with Gasteiger partial charge in [0.05, 0.1) is 12.4 Å². The Labute approximate surface area is 157 Å². The zero-order chi connectivity index (χ0) is 18.7. The lowest BCUT2D eigenvalue weighted by atomic mass is 10.1. The molecule has 0 unspecified atom stereocenters. The van der Waals surface area contributed by atoms with Crippen LogP contribution in [0.25, 0.3) is 0 Å². The number of halogens is 1. The Morgan fingerprint density at radius 2 is 1.69 bits per heavy atom. The zero-order valence-electron chi connectivity index (χ0n) is 14.8. The monoisotopic (exact) mass is 366 g/mol. The van der Waals surface area contributed by atoms with E-state index in [4.69, 9.17) is 11.6 Å². The van der Waals surface area contributed by atoms with E-state index in [0.717, 1.165) is 11.3 Å². The third kappa shape index (κ3) is 4.18. The molecule has 0 atom stereocenters. The highest BCUT2D eigenvalue weighted by Crippen LogP contribution is 2.21. The fourth-order valence-corrected chi connectivity index (χ4v) is 2.56. The van der Waals surface area contributed by atoms with Gasteiger partial charge < -0.3 is 10.6 Å². The molecule has 5 nitrogen and oxygen atoms in total. The standard InChI is InChI=1S/C20H19ClN4O/c1-12-5-7-16(8-14(12)3)24-19-11-22-18(10-23-19)20(26)25-17-9-15(21)6-4-13(17)2/h4-11H,1-3H3,(H,23,24)(H,25,26). The van der Waals surface area contributed by atoms with E-state index < -0.39 is 0 Å². The fourth-order valence-electron chi connectivity index (χ4n) is 2.39. The van der Waals surface area contributed by atoms with E-state index >= 15 is 0 Å². The molecule has 0 fully saturated rings. The van der Waals surface area contributed by atoms with Gasteiger partial charge in [-0.25, -0.2) is 9.97 Å². The summed E-state index contributed by atoms with van der Waals surface area (Å²) in [4.78, 5) is 20.8. The van der Waals surface area contributed by atoms with Gasteiger partial charge in [-0.3, -0.25) is 4.79 Å². The van der Waals surface area contributed by atoms with Crippen molar-refractivity contribution in [3.8, 4) is 0 Å². The number of carbonyl (C=O) groups excluding carboxylic acids is 1. The minimum absolute atomic E-state index is 0.231. The van der Waals surface area contributed by atoms with E-state index in [1.807, 2.05) is 31.2 Å². The van der Waals surface area contributed by atoms with Crippen molar-refractivity contribution in [3.05, 3.63) is 76.2 Å². The lowest BCUT2D eigenvalue weighted by Crippen LogP contribution is -2.15. The predicted octanol–water partition coefficient (Wildman–Crippen LogP) is 5.05. The maximum absolute atomic E-state index is 12.4. The maximum Gasteiger partial charge on any atom is 0.275 e. The lowest BCUT2D eigenvalue weighted by Gasteiger charge is -2.10. The van der Waals surface area contributed by atoms with Crippen LogP contribution in [0.2, 0.25) is 5.02 Å². The van der Waals surface area contributed by atoms with Gasteiger partial charge in [-0.15, -0.1) is 0 Å². The molecular weight excluding hydrogens is 348 g/mol. The molecule has 0 spiro atoms. The second-order valence-electron chi connectivity index (χ2n) is 6.12. The highest BCUT2D eigenvalue weighted by molar-refractivity contribution is 6.31. The maximum atomic E-state index is 12.4. The molecule has 132 valence electrons. The molecular formula is C20H19ClN4O. The molecule has 1 heterocycles. The zero-order valence-corrected chi connectivity index (χ0v) is 15.6. The summed E-state index contributed by atoms with van der Waals surface area (Å²) in [6.07, 6.45) is 2.98. The predicted molar refractivity (Wildman–Crippen MR) is 105 cm³/mol. The summed E-state index contributed by atoms with van der Waals surface area (Å²) in [6, 6.07) is 11.4. The highest BCUT2D eigenvalue weighted by Gasteiger charge is 2.10. The van der Waals surface area contributed by atoms with Crippen molar-refractivity contribution in [1.29, 1.82) is 0 Å². The van der Waals surface area contributed by atoms with Gasteiger partial charge in [0.1, 0.15) is 11.5 Å². The Balaban J connectivity index is 1.71. The van der Waals surface area contributed by atoms with Crippen LogP contribution >= 0.6 is 11.6 Å². The molecule has 0 aliphatic rings. The van der Waals surface area contributed by atoms with Crippen LogP contribution < -0.4 is 10.6 Å². The number of hydrogen-bond donors (Lipinski definition) is 2. The summed E-state index contributed by atoms with van der Waals surface area (Å²) in [5, 5.41) is 6.55. The van der Waals surface area contributed by atoms with Crippen molar-refractivity contribution in [2.45, 2.75) is 20.8 Å². The average Bonchev–Trinajstić information content (AvgIpc) is 2.62. The van der Waals surface area contributed by atoms with Crippen LogP contribution in [0.3, 0.4) is 0 Å². The number of carbonyl (C=O) groups is 1. The molecule has 0 bridgehead atoms. The van der Waals surface area contributed by atoms with E-state index in [0.29, 0.717) is 16.5 Å². The Hall–Kier alpha value is -2.92. The van der Waals surface area contributed by atoms with Gasteiger partial charge in [-0.05, 0) is 61.7 Å². The van der Waals surface area contributed by atoms with Gasteiger partial charge in [0, 0.05) is 16.4 Å². The Morgan fingerprint density at radius 1 is 0.923 bits per heavy atom. The SMILES string of the molecule is Cc1ccc(Nc2cnc(C(=O)Nc3cc(Cl)ccc3C)cn2)cc1C. The number of aromatic nitrogens is 2. The molecule has 3 rings (SSSR count). The third-order valence-electron chi connectivity index (χ3n) is 4.11. The summed E-state index contributed by atoms with van der Waals surface area (Å²) in [6.45, 7) is 6.01. The molecule has 0 aliphatic carbocycles. The largest absolute Gasteiger partial charge is 0.339 e. The van der Waals surface area contributed by atoms with Gasteiger partial charge in [-0.1, -0.05) is 23.7 Å². The summed E-state index contributed by atoms with van der Waals surface area (Å²) >= 11 is 5.98. The summed E-state index contributed by atoms with van der Waals surface area (Å²) in [7, 11) is 0. The minimum Gasteiger partial charge on any atom is -0.339 e. The van der Waals surface area contributed by atoms with Crippen LogP contribution in [0.1, 0.15) is 27.2 Å². The van der Waals surface area contributed by atoms with Crippen LogP contribution in [-0.2, 0) is 0 Å². The molecule has 2 N–H and O–H groups in total. The molecule has 2 aromatic carbocycles. The van der Waals surface area contributed by atoms with Gasteiger partial charge in [0.2, 0.25) is 0 Å². The van der Waals surface area contributed by atoms with Crippen LogP contribution in [-0.4, -0.2) is 15.9 Å². The molecule has 26 heavy (non-hydrogen) atoms. The van der Waals surface area contributed by atoms with Crippen LogP contribution in [0, 0.1) is 20.8 Å². The Bertz CT molecular complexity index is 955. The summed E-state index contributed by atoms with van der Waals surface area (Å²) in [5.74, 6) is 0.240. The number of nitrogens with zero attached hydrogens (tertiary/aromatic N) is 2. The first-order chi connectivity index (χ1) is 12.4. The summed E-state index contributed by atoms with van der Waals surface area (Å²) in [5.41, 5.74) is 5.15. The normalized spacial score (nSPS) is 10.5. The van der Waals surface area contributed by atoms with Gasteiger partial charge in [-0.2, -0.15) is 0 Å². The number of anilines is 3. The first-order valence-electron chi connectivity index (χ1n) is 8.16. The van der Waals surface area contributed by atoms with Crippen LogP contribution in [0.15, 0.2) is 48.8 Å². The van der Waals surface area contributed by atoms with Gasteiger partial charge in [0.15, 0.2) is 0 Å². The van der Waals surface area contributed by atoms with Crippen molar-refractivity contribution in [2.24, 2.45) is 0 Å². The van der Waals surface area contributed by atoms with Crippen LogP contribution in [0.5, 0.6) is 0 Å². The molecule has 0 aliphatic heterocycles. The molecule has 0 radical (unpaired) electrons. The molecule has 3 aromatic rings. The first-order valence-corrected chi connectivity index (χ1v) is 8.54. The van der Waals surface area contributed by atoms with Crippen molar-refractivity contribution in [3.63, 3.8) is 0 Å². The second-order valence-corrected chi connectivity index (χ2v) is 6.56. The quantitative estimate of drug-likeness (QED) is 0.678. The minimum atomic E-state index is -0.333. The molecule has 0 saturated heterocycles. The Morgan fingerprint density at radius 3 is 2.38 bits per heavy atom. The van der Waals surface area contributed by atoms with Crippen molar-refractivity contribution in [2.75, 3.05) is 10.6 Å². The number of rotatable bonds is 4. The van der Waals surface area contributed by atoms with Gasteiger partial charge >= 0.3 is 0 Å². The van der Waals surface area contributed by atoms with Crippen molar-refractivity contribution < 1.29 is 4.79 Å². The second kappa shape index (κ2) is 7.54. The fraction of sp³-hybridized carbons (Fsp3) is 0.150. The number of benzene rings is 2. The number of nitrogens with one attached hydrogen (secondary N) is 2. The third-order valence-corrected chi connectivity index (χ3v) is 4.35. The lowest BCUT2D eigenvalue weighted by molar-refractivity contribution is 0.102. The highest BCUT2D eigenvalue weighted by atomic mass is 35.5. The topological polar surface area (TPSA) is 66.9 Å². The van der Waals surface area contributed by atoms with Crippen molar-refractivity contribution >= 4 is 34.7 Å². The van der Waals surface area contributed by atoms with Gasteiger partial charge in [0.25, 0.3) is 5.91 Å². The van der Waals surface area contributed by atoms with E-state index in [1.165, 1.54) is 23.5 Å². The Kier molecular flexibility index (Phi) is 5.19. The number of hydrogen-bond acceptors (Lipinski definition) is 4. The van der Waals surface area contributed by atoms with E-state index in [2.05, 4.69) is 34.4 Å².